The minimum Gasteiger partial charge on any atom is -0.386 e. The van der Waals surface area contributed by atoms with Gasteiger partial charge in [0, 0.05) is 18.9 Å². The molecule has 2 saturated heterocycles. The summed E-state index contributed by atoms with van der Waals surface area (Å²) >= 11 is 0. The van der Waals surface area contributed by atoms with E-state index in [9.17, 15) is 14.7 Å². The Bertz CT molecular complexity index is 1140. The average Bonchev–Trinajstić information content (AvgIpc) is 3.30. The first-order valence-corrected chi connectivity index (χ1v) is 10.6. The van der Waals surface area contributed by atoms with E-state index in [1.165, 1.54) is 17.9 Å². The number of aliphatic hydroxyl groups is 1. The van der Waals surface area contributed by atoms with Crippen LogP contribution in [-0.2, 0) is 32.3 Å². The number of rotatable bonds is 6. The van der Waals surface area contributed by atoms with Crippen molar-refractivity contribution in [3.63, 3.8) is 0 Å². The van der Waals surface area contributed by atoms with Crippen molar-refractivity contribution in [2.75, 3.05) is 7.11 Å². The van der Waals surface area contributed by atoms with Crippen molar-refractivity contribution < 1.29 is 24.1 Å². The summed E-state index contributed by atoms with van der Waals surface area (Å²) in [4.78, 5) is 26.0. The Hall–Kier alpha value is -2.56. The van der Waals surface area contributed by atoms with E-state index in [0.29, 0.717) is 12.0 Å². The summed E-state index contributed by atoms with van der Waals surface area (Å²) in [6.45, 7) is 1.70. The van der Waals surface area contributed by atoms with Gasteiger partial charge in [-0.3, -0.25) is 9.36 Å². The maximum atomic E-state index is 13.3. The molecule has 2 bridgehead atoms. The molecule has 3 heterocycles. The quantitative estimate of drug-likeness (QED) is 0.663. The van der Waals surface area contributed by atoms with E-state index >= 15 is 0 Å². The molecule has 9 nitrogen and oxygen atoms in total. The van der Waals surface area contributed by atoms with Gasteiger partial charge in [0.1, 0.15) is 25.0 Å². The van der Waals surface area contributed by atoms with Gasteiger partial charge in [-0.05, 0) is 18.9 Å². The summed E-state index contributed by atoms with van der Waals surface area (Å²) in [6, 6.07) is 9.50. The van der Waals surface area contributed by atoms with Crippen LogP contribution in [-0.4, -0.2) is 51.4 Å². The SMILES string of the molecule is CO[C@H]1[C@H]2OC3CC=C[C@@H](O)C31O[C@H]2n1cc(C)c(=O)n(COCc2ccccc2)c1=O. The monoisotopic (exact) mass is 442 g/mol. The van der Waals surface area contributed by atoms with Gasteiger partial charge in [0.15, 0.2) is 11.8 Å². The third-order valence-corrected chi connectivity index (χ3v) is 6.53. The number of ether oxygens (including phenoxy) is 4. The Balaban J connectivity index is 1.45. The fourth-order valence-corrected chi connectivity index (χ4v) is 5.01. The van der Waals surface area contributed by atoms with Crippen molar-refractivity contribution in [3.05, 3.63) is 80.6 Å². The molecule has 1 aromatic heterocycles. The van der Waals surface area contributed by atoms with Gasteiger partial charge in [0.25, 0.3) is 5.56 Å². The Labute approximate surface area is 184 Å². The van der Waals surface area contributed by atoms with Gasteiger partial charge in [0.05, 0.1) is 12.7 Å². The molecule has 1 aliphatic carbocycles. The van der Waals surface area contributed by atoms with Crippen LogP contribution in [0.1, 0.15) is 23.8 Å². The number of aryl methyl sites for hydroxylation is 1. The first-order valence-electron chi connectivity index (χ1n) is 10.6. The Morgan fingerprint density at radius 3 is 2.78 bits per heavy atom. The van der Waals surface area contributed by atoms with Gasteiger partial charge in [0.2, 0.25) is 0 Å². The molecule has 1 aromatic carbocycles. The molecule has 5 rings (SSSR count). The van der Waals surface area contributed by atoms with E-state index in [2.05, 4.69) is 0 Å². The van der Waals surface area contributed by atoms with Crippen molar-refractivity contribution in [2.45, 2.75) is 62.9 Å². The largest absolute Gasteiger partial charge is 0.386 e. The molecule has 9 heteroatoms. The summed E-state index contributed by atoms with van der Waals surface area (Å²) in [5.41, 5.74) is -0.796. The number of nitrogens with zero attached hydrogens (tertiary/aromatic N) is 2. The maximum absolute atomic E-state index is 13.3. The van der Waals surface area contributed by atoms with Crippen molar-refractivity contribution >= 4 is 0 Å². The van der Waals surface area contributed by atoms with Crippen molar-refractivity contribution in [1.82, 2.24) is 9.13 Å². The summed E-state index contributed by atoms with van der Waals surface area (Å²) in [7, 11) is 1.54. The standard InChI is InChI=1S/C23H26N2O7/c1-14-11-24(22(28)25(20(14)27)13-30-12-15-7-4-3-5-8-15)21-18-19(29-2)23(32-21)16(26)9-6-10-17(23)31-18/h3-9,11,16-19,21,26H,10,12-13H2,1-2H3/t16-,17?,18-,19+,21-,23?/m1/s1. The zero-order chi connectivity index (χ0) is 22.5. The number of methoxy groups -OCH3 is 1. The van der Waals surface area contributed by atoms with Gasteiger partial charge in [-0.25, -0.2) is 9.36 Å². The second-order valence-electron chi connectivity index (χ2n) is 8.41. The molecular formula is C23H26N2O7. The number of fused-ring (bicyclic) bond motifs is 1. The van der Waals surface area contributed by atoms with E-state index in [1.54, 1.807) is 13.0 Å². The van der Waals surface area contributed by atoms with Crippen LogP contribution in [0.4, 0.5) is 0 Å². The highest BCUT2D eigenvalue weighted by molar-refractivity contribution is 5.24. The molecule has 2 fully saturated rings. The number of aromatic nitrogens is 2. The molecule has 3 aliphatic rings. The lowest BCUT2D eigenvalue weighted by molar-refractivity contribution is -0.239. The minimum atomic E-state index is -1.10. The molecule has 1 N–H and O–H groups in total. The summed E-state index contributed by atoms with van der Waals surface area (Å²) in [5.74, 6) is 0. The number of hydrogen-bond donors (Lipinski definition) is 1. The predicted octanol–water partition coefficient (Wildman–Crippen LogP) is 0.864. The molecule has 2 aromatic rings. The van der Waals surface area contributed by atoms with Crippen LogP contribution in [0, 0.1) is 6.92 Å². The highest BCUT2D eigenvalue weighted by Crippen LogP contribution is 2.53. The lowest BCUT2D eigenvalue weighted by atomic mass is 9.81. The second kappa shape index (κ2) is 8.09. The molecule has 32 heavy (non-hydrogen) atoms. The Morgan fingerprint density at radius 1 is 1.25 bits per heavy atom. The third kappa shape index (κ3) is 3.12. The van der Waals surface area contributed by atoms with Crippen LogP contribution >= 0.6 is 0 Å². The fourth-order valence-electron chi connectivity index (χ4n) is 5.01. The van der Waals surface area contributed by atoms with E-state index in [-0.39, 0.29) is 19.4 Å². The van der Waals surface area contributed by atoms with E-state index in [1.807, 2.05) is 36.4 Å². The third-order valence-electron chi connectivity index (χ3n) is 6.53. The molecule has 2 aliphatic heterocycles. The van der Waals surface area contributed by atoms with Gasteiger partial charge < -0.3 is 24.1 Å². The highest BCUT2D eigenvalue weighted by Gasteiger charge is 2.70. The number of aliphatic hydroxyl groups excluding tert-OH is 1. The smallest absolute Gasteiger partial charge is 0.335 e. The fraction of sp³-hybridized carbons (Fsp3) is 0.478. The van der Waals surface area contributed by atoms with Crippen LogP contribution in [0.3, 0.4) is 0 Å². The zero-order valence-electron chi connectivity index (χ0n) is 17.9. The molecule has 1 spiro atoms. The number of hydrogen-bond acceptors (Lipinski definition) is 7. The van der Waals surface area contributed by atoms with E-state index in [0.717, 1.165) is 10.1 Å². The molecule has 2 unspecified atom stereocenters. The molecule has 0 amide bonds. The lowest BCUT2D eigenvalue weighted by Crippen LogP contribution is -2.57. The van der Waals surface area contributed by atoms with Gasteiger partial charge >= 0.3 is 5.69 Å². The predicted molar refractivity (Wildman–Crippen MR) is 113 cm³/mol. The van der Waals surface area contributed by atoms with Crippen LogP contribution in [0.15, 0.2) is 58.3 Å². The normalized spacial score (nSPS) is 32.9. The average molecular weight is 442 g/mol. The van der Waals surface area contributed by atoms with Gasteiger partial charge in [-0.1, -0.05) is 42.5 Å². The Morgan fingerprint density at radius 2 is 2.03 bits per heavy atom. The van der Waals surface area contributed by atoms with Crippen LogP contribution in [0.2, 0.25) is 0 Å². The van der Waals surface area contributed by atoms with Crippen molar-refractivity contribution in [3.8, 4) is 0 Å². The van der Waals surface area contributed by atoms with Gasteiger partial charge in [-0.2, -0.15) is 0 Å². The highest BCUT2D eigenvalue weighted by atomic mass is 16.7. The first-order chi connectivity index (χ1) is 15.5. The van der Waals surface area contributed by atoms with E-state index < -0.39 is 41.4 Å². The van der Waals surface area contributed by atoms with E-state index in [4.69, 9.17) is 18.9 Å². The molecule has 0 radical (unpaired) electrons. The number of benzene rings is 1. The summed E-state index contributed by atoms with van der Waals surface area (Å²) < 4.78 is 26.2. The first kappa shape index (κ1) is 21.3. The second-order valence-corrected chi connectivity index (χ2v) is 8.41. The Kier molecular flexibility index (Phi) is 5.39. The van der Waals surface area contributed by atoms with Crippen LogP contribution in [0.25, 0.3) is 0 Å². The molecular weight excluding hydrogens is 416 g/mol. The zero-order valence-corrected chi connectivity index (χ0v) is 17.9. The van der Waals surface area contributed by atoms with Crippen LogP contribution < -0.4 is 11.2 Å². The molecule has 6 atom stereocenters. The summed E-state index contributed by atoms with van der Waals surface area (Å²) in [5, 5.41) is 10.7. The lowest BCUT2D eigenvalue weighted by Gasteiger charge is -2.42. The topological polar surface area (TPSA) is 101 Å². The van der Waals surface area contributed by atoms with Gasteiger partial charge in [-0.15, -0.1) is 0 Å². The molecule has 0 saturated carbocycles. The van der Waals surface area contributed by atoms with Crippen molar-refractivity contribution in [2.24, 2.45) is 0 Å². The van der Waals surface area contributed by atoms with Crippen molar-refractivity contribution in [1.29, 1.82) is 0 Å². The minimum absolute atomic E-state index is 0.195. The summed E-state index contributed by atoms with van der Waals surface area (Å²) in [6.07, 6.45) is 2.27. The maximum Gasteiger partial charge on any atom is 0.335 e. The van der Waals surface area contributed by atoms with Crippen LogP contribution in [0.5, 0.6) is 0 Å². The molecule has 170 valence electrons.